The molecule has 1 atom stereocenters. The molecule has 0 bridgehead atoms. The van der Waals surface area contributed by atoms with Gasteiger partial charge in [0, 0.05) is 0 Å². The normalized spacial score (nSPS) is 12.4. The minimum atomic E-state index is -0.394. The van der Waals surface area contributed by atoms with Gasteiger partial charge in [-0.3, -0.25) is 0 Å². The molecule has 0 aromatic heterocycles. The lowest BCUT2D eigenvalue weighted by atomic mass is 10.0. The quantitative estimate of drug-likeness (QED) is 0.784. The van der Waals surface area contributed by atoms with Crippen LogP contribution < -0.4 is 0 Å². The van der Waals surface area contributed by atoms with Gasteiger partial charge < -0.3 is 5.11 Å². The first-order chi connectivity index (χ1) is 7.27. The van der Waals surface area contributed by atoms with E-state index in [0.29, 0.717) is 0 Å². The summed E-state index contributed by atoms with van der Waals surface area (Å²) in [6, 6.07) is 18.2. The maximum absolute atomic E-state index is 9.39. The second kappa shape index (κ2) is 4.28. The molecule has 0 unspecified atom stereocenters. The summed E-state index contributed by atoms with van der Waals surface area (Å²) in [4.78, 5) is 0. The monoisotopic (exact) mass is 198 g/mol. The van der Waals surface area contributed by atoms with E-state index in [1.165, 1.54) is 11.1 Å². The number of aliphatic hydroxyl groups is 1. The maximum atomic E-state index is 9.39. The molecule has 1 heteroatoms. The van der Waals surface area contributed by atoms with E-state index >= 15 is 0 Å². The second-order valence-electron chi connectivity index (χ2n) is 3.66. The van der Waals surface area contributed by atoms with Crippen molar-refractivity contribution in [1.29, 1.82) is 0 Å². The molecular formula is C14H14O. The van der Waals surface area contributed by atoms with E-state index in [9.17, 15) is 5.11 Å². The van der Waals surface area contributed by atoms with E-state index < -0.39 is 6.10 Å². The summed E-state index contributed by atoms with van der Waals surface area (Å²) in [6.07, 6.45) is -0.394. The molecule has 2 aromatic carbocycles. The molecule has 0 radical (unpaired) electrons. The molecule has 0 spiro atoms. The van der Waals surface area contributed by atoms with E-state index in [4.69, 9.17) is 0 Å². The highest BCUT2D eigenvalue weighted by atomic mass is 16.3. The van der Waals surface area contributed by atoms with Crippen molar-refractivity contribution in [2.24, 2.45) is 0 Å². The zero-order valence-electron chi connectivity index (χ0n) is 8.72. The van der Waals surface area contributed by atoms with Gasteiger partial charge in [-0.25, -0.2) is 0 Å². The van der Waals surface area contributed by atoms with Gasteiger partial charge in [0.15, 0.2) is 0 Å². The van der Waals surface area contributed by atoms with Gasteiger partial charge in [-0.1, -0.05) is 54.6 Å². The number of hydrogen-bond acceptors (Lipinski definition) is 1. The molecule has 0 heterocycles. The van der Waals surface area contributed by atoms with Crippen LogP contribution in [-0.4, -0.2) is 5.11 Å². The third-order valence-electron chi connectivity index (χ3n) is 2.50. The molecule has 0 amide bonds. The van der Waals surface area contributed by atoms with Crippen molar-refractivity contribution in [2.75, 3.05) is 0 Å². The highest BCUT2D eigenvalue weighted by Gasteiger charge is 2.00. The largest absolute Gasteiger partial charge is 0.389 e. The fraction of sp³-hybridized carbons (Fsp3) is 0.143. The first-order valence-corrected chi connectivity index (χ1v) is 5.11. The van der Waals surface area contributed by atoms with Gasteiger partial charge in [-0.2, -0.15) is 0 Å². The molecule has 2 aromatic rings. The maximum Gasteiger partial charge on any atom is 0.0761 e. The van der Waals surface area contributed by atoms with Crippen molar-refractivity contribution in [3.8, 4) is 11.1 Å². The van der Waals surface area contributed by atoms with Crippen LogP contribution in [0.2, 0.25) is 0 Å². The van der Waals surface area contributed by atoms with E-state index in [0.717, 1.165) is 5.56 Å². The molecule has 1 nitrogen and oxygen atoms in total. The zero-order valence-corrected chi connectivity index (χ0v) is 8.72. The average molecular weight is 198 g/mol. The summed E-state index contributed by atoms with van der Waals surface area (Å²) in [5.41, 5.74) is 3.34. The Hall–Kier alpha value is -1.60. The molecular weight excluding hydrogens is 184 g/mol. The van der Waals surface area contributed by atoms with E-state index in [-0.39, 0.29) is 0 Å². The molecule has 0 fully saturated rings. The third-order valence-corrected chi connectivity index (χ3v) is 2.50. The predicted octanol–water partition coefficient (Wildman–Crippen LogP) is 3.41. The fourth-order valence-corrected chi connectivity index (χ4v) is 1.58. The first-order valence-electron chi connectivity index (χ1n) is 5.11. The first kappa shape index (κ1) is 9.94. The van der Waals surface area contributed by atoms with Gasteiger partial charge in [0.05, 0.1) is 6.10 Å². The summed E-state index contributed by atoms with van der Waals surface area (Å²) < 4.78 is 0. The van der Waals surface area contributed by atoms with E-state index in [1.54, 1.807) is 6.92 Å². The summed E-state index contributed by atoms with van der Waals surface area (Å²) in [5, 5.41) is 9.39. The Bertz CT molecular complexity index is 415. The Morgan fingerprint density at radius 2 is 1.33 bits per heavy atom. The van der Waals surface area contributed by atoms with E-state index in [2.05, 4.69) is 12.1 Å². The Morgan fingerprint density at radius 3 is 1.87 bits per heavy atom. The topological polar surface area (TPSA) is 20.2 Å². The second-order valence-corrected chi connectivity index (χ2v) is 3.66. The lowest BCUT2D eigenvalue weighted by Gasteiger charge is -2.06. The van der Waals surface area contributed by atoms with Crippen LogP contribution in [0.1, 0.15) is 18.6 Å². The fourth-order valence-electron chi connectivity index (χ4n) is 1.58. The lowest BCUT2D eigenvalue weighted by molar-refractivity contribution is 0.199. The minimum Gasteiger partial charge on any atom is -0.389 e. The van der Waals surface area contributed by atoms with Crippen LogP contribution >= 0.6 is 0 Å². The van der Waals surface area contributed by atoms with Crippen molar-refractivity contribution in [3.63, 3.8) is 0 Å². The molecule has 15 heavy (non-hydrogen) atoms. The van der Waals surface area contributed by atoms with Crippen molar-refractivity contribution in [3.05, 3.63) is 60.2 Å². The molecule has 0 saturated carbocycles. The Labute approximate surface area is 90.0 Å². The van der Waals surface area contributed by atoms with E-state index in [1.807, 2.05) is 42.5 Å². The van der Waals surface area contributed by atoms with Gasteiger partial charge in [-0.05, 0) is 23.6 Å². The summed E-state index contributed by atoms with van der Waals surface area (Å²) in [6.45, 7) is 1.78. The average Bonchev–Trinajstić information content (AvgIpc) is 2.30. The highest BCUT2D eigenvalue weighted by Crippen LogP contribution is 2.21. The minimum absolute atomic E-state index is 0.394. The standard InChI is InChI=1S/C14H14O/c1-11(15)12-7-9-14(10-8-12)13-5-3-2-4-6-13/h2-11,15H,1H3/t11-/m1/s1. The predicted molar refractivity (Wildman–Crippen MR) is 62.5 cm³/mol. The summed E-state index contributed by atoms with van der Waals surface area (Å²) in [7, 11) is 0. The zero-order chi connectivity index (χ0) is 10.7. The number of aliphatic hydroxyl groups excluding tert-OH is 1. The van der Waals surface area contributed by atoms with Crippen molar-refractivity contribution in [1.82, 2.24) is 0 Å². The van der Waals surface area contributed by atoms with Crippen molar-refractivity contribution in [2.45, 2.75) is 13.0 Å². The van der Waals surface area contributed by atoms with Crippen LogP contribution in [0.4, 0.5) is 0 Å². The van der Waals surface area contributed by atoms with Gasteiger partial charge in [0.1, 0.15) is 0 Å². The van der Waals surface area contributed by atoms with Crippen LogP contribution in [-0.2, 0) is 0 Å². The molecule has 1 N–H and O–H groups in total. The van der Waals surface area contributed by atoms with Gasteiger partial charge >= 0.3 is 0 Å². The third kappa shape index (κ3) is 2.25. The van der Waals surface area contributed by atoms with Crippen LogP contribution in [0, 0.1) is 0 Å². The smallest absolute Gasteiger partial charge is 0.0761 e. The molecule has 0 aliphatic carbocycles. The lowest BCUT2D eigenvalue weighted by Crippen LogP contribution is -1.89. The van der Waals surface area contributed by atoms with Crippen molar-refractivity contribution < 1.29 is 5.11 Å². The summed E-state index contributed by atoms with van der Waals surface area (Å²) in [5.74, 6) is 0. The molecule has 0 saturated heterocycles. The number of benzene rings is 2. The van der Waals surface area contributed by atoms with Crippen LogP contribution in [0.25, 0.3) is 11.1 Å². The Balaban J connectivity index is 2.32. The van der Waals surface area contributed by atoms with Crippen LogP contribution in [0.15, 0.2) is 54.6 Å². The van der Waals surface area contributed by atoms with Gasteiger partial charge in [0.25, 0.3) is 0 Å². The Kier molecular flexibility index (Phi) is 2.84. The number of hydrogen-bond donors (Lipinski definition) is 1. The summed E-state index contributed by atoms with van der Waals surface area (Å²) >= 11 is 0. The number of rotatable bonds is 2. The Morgan fingerprint density at radius 1 is 0.800 bits per heavy atom. The van der Waals surface area contributed by atoms with Crippen LogP contribution in [0.5, 0.6) is 0 Å². The SMILES string of the molecule is C[C@@H](O)c1ccc(-c2ccccc2)cc1. The molecule has 76 valence electrons. The van der Waals surface area contributed by atoms with Crippen molar-refractivity contribution >= 4 is 0 Å². The molecule has 0 aliphatic heterocycles. The molecule has 2 rings (SSSR count). The van der Waals surface area contributed by atoms with Gasteiger partial charge in [-0.15, -0.1) is 0 Å². The molecule has 0 aliphatic rings. The highest BCUT2D eigenvalue weighted by molar-refractivity contribution is 5.63. The van der Waals surface area contributed by atoms with Crippen LogP contribution in [0.3, 0.4) is 0 Å². The van der Waals surface area contributed by atoms with Gasteiger partial charge in [0.2, 0.25) is 0 Å².